The molecule has 1 aromatic carbocycles. The van der Waals surface area contributed by atoms with Gasteiger partial charge in [0.25, 0.3) is 0 Å². The summed E-state index contributed by atoms with van der Waals surface area (Å²) >= 11 is 0. The molecule has 0 aliphatic rings. The van der Waals surface area contributed by atoms with E-state index in [1.807, 2.05) is 30.2 Å². The van der Waals surface area contributed by atoms with Crippen molar-refractivity contribution in [1.29, 1.82) is 0 Å². The maximum absolute atomic E-state index is 5.76. The van der Waals surface area contributed by atoms with Gasteiger partial charge in [0, 0.05) is 0 Å². The van der Waals surface area contributed by atoms with Gasteiger partial charge in [0.2, 0.25) is 0 Å². The van der Waals surface area contributed by atoms with Crippen molar-refractivity contribution in [2.45, 2.75) is 20.5 Å². The van der Waals surface area contributed by atoms with Crippen LogP contribution in [0.4, 0.5) is 0 Å². The molecule has 1 aromatic heterocycles. The van der Waals surface area contributed by atoms with Crippen LogP contribution in [0.25, 0.3) is 0 Å². The molecular weight excluding hydrogens is 266 g/mol. The van der Waals surface area contributed by atoms with Crippen molar-refractivity contribution in [2.24, 2.45) is 5.92 Å². The molecule has 2 nitrogen and oxygen atoms in total. The molecule has 1 atom stereocenters. The van der Waals surface area contributed by atoms with Crippen LogP contribution in [-0.4, -0.2) is 13.5 Å². The fourth-order valence-corrected chi connectivity index (χ4v) is 2.46. The van der Waals surface area contributed by atoms with E-state index in [0.717, 1.165) is 12.4 Å². The summed E-state index contributed by atoms with van der Waals surface area (Å²) in [6, 6.07) is 14.3. The SMILES string of the molecule is CC(C)COc1cccc(POCc2bcccc2)c1. The van der Waals surface area contributed by atoms with Crippen molar-refractivity contribution in [3.63, 3.8) is 0 Å². The Hall–Kier alpha value is -1.18. The number of rotatable bonds is 7. The number of hydrogen-bond acceptors (Lipinski definition) is 2. The summed E-state index contributed by atoms with van der Waals surface area (Å²) in [6.45, 7) is 7.77. The summed E-state index contributed by atoms with van der Waals surface area (Å²) in [5.74, 6) is 3.49. The van der Waals surface area contributed by atoms with Crippen molar-refractivity contribution >= 4 is 21.0 Å². The second kappa shape index (κ2) is 8.19. The third kappa shape index (κ3) is 5.44. The van der Waals surface area contributed by atoms with Crippen LogP contribution in [0.1, 0.15) is 19.3 Å². The van der Waals surface area contributed by atoms with E-state index < -0.39 is 0 Å². The zero-order valence-corrected chi connectivity index (χ0v) is 13.0. The summed E-state index contributed by atoms with van der Waals surface area (Å²) in [6.07, 6.45) is 0. The molecular formula is C16H20BO2P. The first kappa shape index (κ1) is 15.2. The van der Waals surface area contributed by atoms with Gasteiger partial charge in [0.05, 0.1) is 0 Å². The van der Waals surface area contributed by atoms with Crippen LogP contribution in [-0.2, 0) is 11.1 Å². The van der Waals surface area contributed by atoms with Gasteiger partial charge in [-0.1, -0.05) is 0 Å². The monoisotopic (exact) mass is 286 g/mol. The maximum atomic E-state index is 5.76. The summed E-state index contributed by atoms with van der Waals surface area (Å²) in [5.41, 5.74) is 1.20. The number of hydrogen-bond donors (Lipinski definition) is 0. The first-order valence-corrected chi connectivity index (χ1v) is 7.79. The molecule has 2 aromatic rings. The average molecular weight is 286 g/mol. The van der Waals surface area contributed by atoms with Gasteiger partial charge in [-0.2, -0.15) is 0 Å². The molecule has 0 radical (unpaired) electrons. The summed E-state index contributed by atoms with van der Waals surface area (Å²) in [4.78, 5) is 0. The van der Waals surface area contributed by atoms with Gasteiger partial charge >= 0.3 is 123 Å². The van der Waals surface area contributed by atoms with Crippen molar-refractivity contribution in [2.75, 3.05) is 6.61 Å². The fraction of sp³-hybridized carbons (Fsp3) is 0.312. The van der Waals surface area contributed by atoms with E-state index in [1.165, 1.54) is 10.8 Å². The third-order valence-corrected chi connectivity index (χ3v) is 3.52. The van der Waals surface area contributed by atoms with Gasteiger partial charge in [-0.15, -0.1) is 0 Å². The molecule has 104 valence electrons. The summed E-state index contributed by atoms with van der Waals surface area (Å²) in [7, 11) is 0.345. The molecule has 1 unspecified atom stereocenters. The van der Waals surface area contributed by atoms with E-state index in [0.29, 0.717) is 21.3 Å². The average Bonchev–Trinajstić information content (AvgIpc) is 2.47. The number of benzene rings is 1. The Morgan fingerprint density at radius 2 is 2.05 bits per heavy atom. The minimum atomic E-state index is 0.345. The van der Waals surface area contributed by atoms with E-state index in [-0.39, 0.29) is 0 Å². The molecule has 0 aliphatic carbocycles. The quantitative estimate of drug-likeness (QED) is 0.725. The van der Waals surface area contributed by atoms with Crippen molar-refractivity contribution in [3.05, 3.63) is 53.9 Å². The van der Waals surface area contributed by atoms with Crippen molar-refractivity contribution in [3.8, 4) is 5.75 Å². The second-order valence-corrected chi connectivity index (χ2v) is 6.18. The zero-order valence-electron chi connectivity index (χ0n) is 12.0. The van der Waals surface area contributed by atoms with Crippen LogP contribution >= 0.6 is 8.81 Å². The first-order chi connectivity index (χ1) is 9.74. The molecule has 0 amide bonds. The van der Waals surface area contributed by atoms with Crippen molar-refractivity contribution in [1.82, 2.24) is 0 Å². The zero-order chi connectivity index (χ0) is 14.2. The van der Waals surface area contributed by atoms with Crippen LogP contribution in [0.3, 0.4) is 0 Å². The van der Waals surface area contributed by atoms with Crippen LogP contribution in [0.5, 0.6) is 5.75 Å². The van der Waals surface area contributed by atoms with Crippen LogP contribution in [0, 0.1) is 5.92 Å². The number of ether oxygens (including phenoxy) is 1. The van der Waals surface area contributed by atoms with Gasteiger partial charge < -0.3 is 0 Å². The Balaban J connectivity index is 1.82. The topological polar surface area (TPSA) is 18.5 Å². The third-order valence-electron chi connectivity index (χ3n) is 2.69. The molecule has 1 heterocycles. The Morgan fingerprint density at radius 3 is 2.80 bits per heavy atom. The normalized spacial score (nSPS) is 11.2. The van der Waals surface area contributed by atoms with E-state index in [9.17, 15) is 0 Å². The van der Waals surface area contributed by atoms with Crippen LogP contribution < -0.4 is 10.0 Å². The van der Waals surface area contributed by atoms with E-state index in [2.05, 4.69) is 39.0 Å². The summed E-state index contributed by atoms with van der Waals surface area (Å²) in [5, 5.41) is 1.17. The van der Waals surface area contributed by atoms with E-state index in [1.54, 1.807) is 0 Å². The molecule has 0 fully saturated rings. The Kier molecular flexibility index (Phi) is 6.23. The molecule has 0 saturated heterocycles. The molecule has 0 aliphatic heterocycles. The molecule has 2 rings (SSSR count). The van der Waals surface area contributed by atoms with Crippen LogP contribution in [0.2, 0.25) is 0 Å². The fourth-order valence-electron chi connectivity index (χ4n) is 1.69. The van der Waals surface area contributed by atoms with Crippen molar-refractivity contribution < 1.29 is 9.26 Å². The molecule has 4 heteroatoms. The van der Waals surface area contributed by atoms with E-state index >= 15 is 0 Å². The van der Waals surface area contributed by atoms with Gasteiger partial charge in [-0.3, -0.25) is 0 Å². The second-order valence-electron chi connectivity index (χ2n) is 5.11. The molecule has 20 heavy (non-hydrogen) atoms. The van der Waals surface area contributed by atoms with Gasteiger partial charge in [-0.25, -0.2) is 0 Å². The first-order valence-electron chi connectivity index (χ1n) is 6.88. The molecule has 0 spiro atoms. The predicted octanol–water partition coefficient (Wildman–Crippen LogP) is 3.50. The van der Waals surface area contributed by atoms with Gasteiger partial charge in [0.1, 0.15) is 0 Å². The predicted molar refractivity (Wildman–Crippen MR) is 87.3 cm³/mol. The summed E-state index contributed by atoms with van der Waals surface area (Å²) < 4.78 is 11.5. The standard InChI is InChI=1S/C16H20BO2P/c1-13(2)11-18-15-7-5-8-16(10-15)20-19-12-14-6-3-4-9-17-14/h3-10,13,20H,11-12H2,1-2H3. The van der Waals surface area contributed by atoms with Gasteiger partial charge in [-0.05, 0) is 0 Å². The Labute approximate surface area is 123 Å². The molecule has 0 bridgehead atoms. The van der Waals surface area contributed by atoms with Gasteiger partial charge in [0.15, 0.2) is 0 Å². The Morgan fingerprint density at radius 1 is 1.15 bits per heavy atom. The minimum absolute atomic E-state index is 0.345. The Bertz CT molecular complexity index is 517. The van der Waals surface area contributed by atoms with Crippen LogP contribution in [0.15, 0.2) is 48.4 Å². The molecule has 0 saturated carbocycles. The van der Waals surface area contributed by atoms with E-state index in [4.69, 9.17) is 9.26 Å². The molecule has 0 N–H and O–H groups in total.